The minimum Gasteiger partial charge on any atom is -0.323 e. The molecule has 2 aromatic rings. The van der Waals surface area contributed by atoms with Gasteiger partial charge in [-0.3, -0.25) is 4.98 Å². The second-order valence-electron chi connectivity index (χ2n) is 5.41. The van der Waals surface area contributed by atoms with Crippen LogP contribution < -0.4 is 5.73 Å². The highest BCUT2D eigenvalue weighted by atomic mass is 32.1. The van der Waals surface area contributed by atoms with Crippen molar-refractivity contribution in [1.29, 1.82) is 0 Å². The van der Waals surface area contributed by atoms with Crippen LogP contribution in [0.2, 0.25) is 0 Å². The fraction of sp³-hybridized carbons (Fsp3) is 0.533. The van der Waals surface area contributed by atoms with Gasteiger partial charge in [0.05, 0.1) is 16.6 Å². The molecule has 1 aliphatic carbocycles. The van der Waals surface area contributed by atoms with Crippen LogP contribution in [-0.4, -0.2) is 14.6 Å². The lowest BCUT2D eigenvalue weighted by atomic mass is 9.81. The van der Waals surface area contributed by atoms with Crippen LogP contribution in [0.1, 0.15) is 60.0 Å². The fourth-order valence-corrected chi connectivity index (χ4v) is 3.82. The van der Waals surface area contributed by atoms with Crippen molar-refractivity contribution < 1.29 is 0 Å². The molecule has 0 spiro atoms. The van der Waals surface area contributed by atoms with Gasteiger partial charge in [0.2, 0.25) is 0 Å². The van der Waals surface area contributed by atoms with Gasteiger partial charge in [-0.2, -0.15) is 0 Å². The zero-order chi connectivity index (χ0) is 13.9. The predicted molar refractivity (Wildman–Crippen MR) is 80.7 cm³/mol. The summed E-state index contributed by atoms with van der Waals surface area (Å²) >= 11 is 1.45. The summed E-state index contributed by atoms with van der Waals surface area (Å²) in [6.07, 6.45) is 7.32. The van der Waals surface area contributed by atoms with Gasteiger partial charge in [-0.15, -0.1) is 5.10 Å². The Bertz CT molecular complexity index is 581. The van der Waals surface area contributed by atoms with E-state index in [-0.39, 0.29) is 6.04 Å². The Morgan fingerprint density at radius 2 is 2.40 bits per heavy atom. The molecule has 0 aromatic carbocycles. The summed E-state index contributed by atoms with van der Waals surface area (Å²) in [5.74, 6) is 0.304. The Labute approximate surface area is 123 Å². The Kier molecular flexibility index (Phi) is 4.08. The van der Waals surface area contributed by atoms with E-state index in [9.17, 15) is 0 Å². The van der Waals surface area contributed by atoms with E-state index < -0.39 is 0 Å². The highest BCUT2D eigenvalue weighted by molar-refractivity contribution is 7.05. The molecule has 0 radical (unpaired) electrons. The van der Waals surface area contributed by atoms with E-state index in [1.54, 1.807) is 0 Å². The molecule has 0 aliphatic heterocycles. The molecule has 5 heteroatoms. The van der Waals surface area contributed by atoms with E-state index in [2.05, 4.69) is 27.6 Å². The molecule has 3 rings (SSSR count). The number of aryl methyl sites for hydroxylation is 2. The summed E-state index contributed by atoms with van der Waals surface area (Å²) in [5, 5.41) is 4.25. The molecule has 4 nitrogen and oxygen atoms in total. The second kappa shape index (κ2) is 5.97. The van der Waals surface area contributed by atoms with E-state index >= 15 is 0 Å². The summed E-state index contributed by atoms with van der Waals surface area (Å²) in [7, 11) is 0. The van der Waals surface area contributed by atoms with Crippen LogP contribution in [-0.2, 0) is 12.8 Å². The van der Waals surface area contributed by atoms with Gasteiger partial charge < -0.3 is 5.73 Å². The van der Waals surface area contributed by atoms with Crippen LogP contribution in [0.25, 0.3) is 0 Å². The smallest absolute Gasteiger partial charge is 0.0803 e. The molecule has 2 atom stereocenters. The molecule has 2 N–H and O–H groups in total. The Morgan fingerprint density at radius 1 is 1.50 bits per heavy atom. The van der Waals surface area contributed by atoms with Crippen molar-refractivity contribution in [3.63, 3.8) is 0 Å². The number of pyridine rings is 1. The average molecular weight is 288 g/mol. The van der Waals surface area contributed by atoms with Crippen LogP contribution in [0.4, 0.5) is 0 Å². The van der Waals surface area contributed by atoms with E-state index in [4.69, 9.17) is 5.73 Å². The van der Waals surface area contributed by atoms with Crippen LogP contribution in [0.3, 0.4) is 0 Å². The maximum absolute atomic E-state index is 6.55. The molecule has 2 aromatic heterocycles. The summed E-state index contributed by atoms with van der Waals surface area (Å²) in [4.78, 5) is 5.74. The van der Waals surface area contributed by atoms with Crippen LogP contribution in [0.15, 0.2) is 18.3 Å². The first-order valence-electron chi connectivity index (χ1n) is 7.31. The number of nitrogens with zero attached hydrogens (tertiary/aromatic N) is 3. The van der Waals surface area contributed by atoms with Gasteiger partial charge in [-0.25, -0.2) is 0 Å². The van der Waals surface area contributed by atoms with Crippen molar-refractivity contribution >= 4 is 11.5 Å². The first-order chi connectivity index (χ1) is 9.81. The molecule has 1 aliphatic rings. The monoisotopic (exact) mass is 288 g/mol. The van der Waals surface area contributed by atoms with Crippen LogP contribution in [0, 0.1) is 0 Å². The number of aromatic nitrogens is 3. The summed E-state index contributed by atoms with van der Waals surface area (Å²) in [5.41, 5.74) is 10.2. The third-order valence-electron chi connectivity index (χ3n) is 4.05. The normalized spacial score (nSPS) is 19.6. The van der Waals surface area contributed by atoms with Crippen molar-refractivity contribution in [2.24, 2.45) is 5.73 Å². The van der Waals surface area contributed by atoms with Gasteiger partial charge in [-0.05, 0) is 48.8 Å². The maximum Gasteiger partial charge on any atom is 0.0803 e. The molecule has 2 unspecified atom stereocenters. The van der Waals surface area contributed by atoms with Crippen molar-refractivity contribution in [1.82, 2.24) is 14.6 Å². The van der Waals surface area contributed by atoms with E-state index in [0.29, 0.717) is 5.92 Å². The van der Waals surface area contributed by atoms with Gasteiger partial charge in [0, 0.05) is 17.8 Å². The molecule has 2 heterocycles. The van der Waals surface area contributed by atoms with Gasteiger partial charge in [0.1, 0.15) is 0 Å². The molecule has 0 saturated heterocycles. The largest absolute Gasteiger partial charge is 0.323 e. The maximum atomic E-state index is 6.55. The van der Waals surface area contributed by atoms with Crippen molar-refractivity contribution in [3.8, 4) is 0 Å². The minimum absolute atomic E-state index is 0.0227. The number of hydrogen-bond donors (Lipinski definition) is 1. The molecule has 0 bridgehead atoms. The van der Waals surface area contributed by atoms with Gasteiger partial charge in [-0.1, -0.05) is 23.9 Å². The Balaban J connectivity index is 1.91. The third-order valence-corrected chi connectivity index (χ3v) is 4.91. The lowest BCUT2D eigenvalue weighted by Gasteiger charge is -2.28. The summed E-state index contributed by atoms with van der Waals surface area (Å²) in [6.45, 7) is 2.16. The number of hydrogen-bond acceptors (Lipinski definition) is 5. The van der Waals surface area contributed by atoms with Crippen molar-refractivity contribution in [3.05, 3.63) is 40.2 Å². The SMILES string of the molecule is CCCc1nnsc1C(N)C1CCCc2cccnc21. The lowest BCUT2D eigenvalue weighted by Crippen LogP contribution is -2.24. The summed E-state index contributed by atoms with van der Waals surface area (Å²) in [6, 6.07) is 4.17. The molecule has 0 amide bonds. The molecular weight excluding hydrogens is 268 g/mol. The van der Waals surface area contributed by atoms with Gasteiger partial charge in [0.25, 0.3) is 0 Å². The average Bonchev–Trinajstić information content (AvgIpc) is 2.94. The van der Waals surface area contributed by atoms with Crippen LogP contribution in [0.5, 0.6) is 0 Å². The number of fused-ring (bicyclic) bond motifs is 1. The standard InChI is InChI=1S/C15H20N4S/c1-2-5-12-15(20-19-18-12)13(16)11-8-3-6-10-7-4-9-17-14(10)11/h4,7,9,11,13H,2-3,5-6,8,16H2,1H3. The van der Waals surface area contributed by atoms with Crippen molar-refractivity contribution in [2.45, 2.75) is 51.0 Å². The quantitative estimate of drug-likeness (QED) is 0.939. The van der Waals surface area contributed by atoms with E-state index in [0.717, 1.165) is 36.3 Å². The zero-order valence-electron chi connectivity index (χ0n) is 11.7. The highest BCUT2D eigenvalue weighted by Gasteiger charge is 2.30. The summed E-state index contributed by atoms with van der Waals surface area (Å²) < 4.78 is 4.10. The predicted octanol–water partition coefficient (Wildman–Crippen LogP) is 3.01. The number of nitrogens with two attached hydrogens (primary N) is 1. The zero-order valence-corrected chi connectivity index (χ0v) is 12.6. The van der Waals surface area contributed by atoms with Crippen LogP contribution >= 0.6 is 11.5 Å². The molecule has 0 fully saturated rings. The van der Waals surface area contributed by atoms with Crippen molar-refractivity contribution in [2.75, 3.05) is 0 Å². The molecule has 106 valence electrons. The first kappa shape index (κ1) is 13.6. The number of rotatable bonds is 4. The lowest BCUT2D eigenvalue weighted by molar-refractivity contribution is 0.464. The topological polar surface area (TPSA) is 64.7 Å². The van der Waals surface area contributed by atoms with Gasteiger partial charge >= 0.3 is 0 Å². The van der Waals surface area contributed by atoms with E-state index in [1.807, 2.05) is 12.3 Å². The molecular formula is C15H20N4S. The Morgan fingerprint density at radius 3 is 3.25 bits per heavy atom. The first-order valence-corrected chi connectivity index (χ1v) is 8.09. The highest BCUT2D eigenvalue weighted by Crippen LogP contribution is 2.39. The van der Waals surface area contributed by atoms with Gasteiger partial charge in [0.15, 0.2) is 0 Å². The molecule has 0 saturated carbocycles. The molecule has 20 heavy (non-hydrogen) atoms. The fourth-order valence-electron chi connectivity index (χ4n) is 3.06. The minimum atomic E-state index is -0.0227. The second-order valence-corrected chi connectivity index (χ2v) is 6.19. The Hall–Kier alpha value is -1.33. The third kappa shape index (κ3) is 2.47. The van der Waals surface area contributed by atoms with E-state index in [1.165, 1.54) is 29.2 Å².